The molecule has 2 aromatic rings. The van der Waals surface area contributed by atoms with E-state index in [1.165, 1.54) is 6.07 Å². The Morgan fingerprint density at radius 2 is 1.90 bits per heavy atom. The van der Waals surface area contributed by atoms with Gasteiger partial charge in [-0.3, -0.25) is 14.6 Å². The van der Waals surface area contributed by atoms with Gasteiger partial charge in [0.1, 0.15) is 5.69 Å². The van der Waals surface area contributed by atoms with E-state index in [0.717, 1.165) is 6.07 Å². The number of carboxylic acid groups (broad SMARTS) is 1. The maximum atomic E-state index is 12.0. The molecule has 4 N–H and O–H groups in total. The summed E-state index contributed by atoms with van der Waals surface area (Å²) < 4.78 is 0. The van der Waals surface area contributed by atoms with E-state index in [4.69, 9.17) is 5.11 Å². The Labute approximate surface area is 117 Å². The molecule has 2 rings (SSSR count). The van der Waals surface area contributed by atoms with Crippen molar-refractivity contribution in [3.8, 4) is 0 Å². The van der Waals surface area contributed by atoms with Gasteiger partial charge in [-0.25, -0.2) is 9.59 Å². The molecule has 0 fully saturated rings. The summed E-state index contributed by atoms with van der Waals surface area (Å²) in [4.78, 5) is 49.5. The van der Waals surface area contributed by atoms with Crippen molar-refractivity contribution in [2.45, 2.75) is 6.92 Å². The molecule has 8 nitrogen and oxygen atoms in total. The minimum absolute atomic E-state index is 0.0875. The van der Waals surface area contributed by atoms with Gasteiger partial charge < -0.3 is 15.4 Å². The number of rotatable bonds is 3. The van der Waals surface area contributed by atoms with E-state index < -0.39 is 23.1 Å². The van der Waals surface area contributed by atoms with Crippen LogP contribution in [0.3, 0.4) is 0 Å². The smallest absolute Gasteiger partial charge is 0.337 e. The van der Waals surface area contributed by atoms with E-state index >= 15 is 0 Å². The van der Waals surface area contributed by atoms with Crippen LogP contribution in [0.2, 0.25) is 0 Å². The summed E-state index contributed by atoms with van der Waals surface area (Å²) in [7, 11) is 0. The number of para-hydroxylation sites is 1. The van der Waals surface area contributed by atoms with Crippen LogP contribution in [-0.2, 0) is 0 Å². The van der Waals surface area contributed by atoms with Gasteiger partial charge in [-0.15, -0.1) is 0 Å². The predicted molar refractivity (Wildman–Crippen MR) is 73.8 cm³/mol. The zero-order valence-corrected chi connectivity index (χ0v) is 10.9. The van der Waals surface area contributed by atoms with Gasteiger partial charge in [0.15, 0.2) is 0 Å². The van der Waals surface area contributed by atoms with Crippen LogP contribution < -0.4 is 16.6 Å². The van der Waals surface area contributed by atoms with E-state index in [0.29, 0.717) is 5.56 Å². The van der Waals surface area contributed by atoms with Gasteiger partial charge in [0, 0.05) is 6.07 Å². The Bertz CT molecular complexity index is 806. The van der Waals surface area contributed by atoms with Crippen molar-refractivity contribution in [2.24, 2.45) is 0 Å². The Morgan fingerprint density at radius 1 is 1.19 bits per heavy atom. The number of carboxylic acids is 1. The van der Waals surface area contributed by atoms with E-state index in [1.54, 1.807) is 19.1 Å². The molecule has 0 radical (unpaired) electrons. The molecule has 108 valence electrons. The highest BCUT2D eigenvalue weighted by Gasteiger charge is 2.16. The second kappa shape index (κ2) is 5.45. The van der Waals surface area contributed by atoms with Crippen molar-refractivity contribution in [2.75, 3.05) is 5.32 Å². The van der Waals surface area contributed by atoms with Crippen LogP contribution in [0.5, 0.6) is 0 Å². The number of hydrogen-bond donors (Lipinski definition) is 4. The molecule has 0 spiro atoms. The maximum Gasteiger partial charge on any atom is 0.337 e. The van der Waals surface area contributed by atoms with Gasteiger partial charge >= 0.3 is 11.7 Å². The SMILES string of the molecule is Cc1cccc(C(=O)O)c1NC(=O)c1cc(=O)[nH]c(=O)[nH]1. The number of benzene rings is 1. The van der Waals surface area contributed by atoms with Crippen molar-refractivity contribution in [3.63, 3.8) is 0 Å². The van der Waals surface area contributed by atoms with Gasteiger partial charge in [-0.05, 0) is 18.6 Å². The quantitative estimate of drug-likeness (QED) is 0.646. The molecule has 0 unspecified atom stereocenters. The molecule has 0 aliphatic heterocycles. The van der Waals surface area contributed by atoms with Gasteiger partial charge in [-0.1, -0.05) is 12.1 Å². The lowest BCUT2D eigenvalue weighted by Crippen LogP contribution is -2.27. The van der Waals surface area contributed by atoms with Crippen molar-refractivity contribution in [1.82, 2.24) is 9.97 Å². The first-order valence-electron chi connectivity index (χ1n) is 5.86. The molecule has 0 aliphatic rings. The second-order valence-electron chi connectivity index (χ2n) is 4.26. The highest BCUT2D eigenvalue weighted by atomic mass is 16.4. The third-order valence-electron chi connectivity index (χ3n) is 2.75. The number of aromatic nitrogens is 2. The van der Waals surface area contributed by atoms with Crippen LogP contribution in [0.15, 0.2) is 33.9 Å². The standard InChI is InChI=1S/C13H11N3O5/c1-6-3-2-4-7(12(19)20)10(6)16-11(18)8-5-9(17)15-13(21)14-8/h2-5H,1H3,(H,16,18)(H,19,20)(H2,14,15,17,21). The zero-order chi connectivity index (χ0) is 15.6. The van der Waals surface area contributed by atoms with Gasteiger partial charge in [0.2, 0.25) is 0 Å². The molecular formula is C13H11N3O5. The number of H-pyrrole nitrogens is 2. The summed E-state index contributed by atoms with van der Waals surface area (Å²) in [5.74, 6) is -1.98. The number of hydrogen-bond acceptors (Lipinski definition) is 4. The van der Waals surface area contributed by atoms with Gasteiger partial charge in [0.05, 0.1) is 11.3 Å². The molecule has 1 heterocycles. The molecule has 1 amide bonds. The van der Waals surface area contributed by atoms with E-state index in [-0.39, 0.29) is 16.9 Å². The van der Waals surface area contributed by atoms with Crippen molar-refractivity contribution < 1.29 is 14.7 Å². The van der Waals surface area contributed by atoms with E-state index in [1.807, 2.05) is 4.98 Å². The topological polar surface area (TPSA) is 132 Å². The number of carbonyl (C=O) groups excluding carboxylic acids is 1. The average molecular weight is 289 g/mol. The van der Waals surface area contributed by atoms with Crippen LogP contribution in [-0.4, -0.2) is 27.0 Å². The van der Waals surface area contributed by atoms with E-state index in [9.17, 15) is 19.2 Å². The fourth-order valence-corrected chi connectivity index (χ4v) is 1.78. The van der Waals surface area contributed by atoms with Gasteiger partial charge in [-0.2, -0.15) is 0 Å². The minimum atomic E-state index is -1.20. The van der Waals surface area contributed by atoms with Crippen LogP contribution >= 0.6 is 0 Å². The maximum absolute atomic E-state index is 12.0. The fraction of sp³-hybridized carbons (Fsp3) is 0.0769. The number of aromatic amines is 2. The van der Waals surface area contributed by atoms with E-state index in [2.05, 4.69) is 10.3 Å². The molecule has 21 heavy (non-hydrogen) atoms. The molecule has 8 heteroatoms. The Hall–Kier alpha value is -3.16. The third-order valence-corrected chi connectivity index (χ3v) is 2.75. The molecule has 0 aliphatic carbocycles. The molecule has 0 atom stereocenters. The lowest BCUT2D eigenvalue weighted by molar-refractivity contribution is 0.0698. The normalized spacial score (nSPS) is 10.1. The zero-order valence-electron chi connectivity index (χ0n) is 10.9. The Balaban J connectivity index is 2.43. The molecule has 0 bridgehead atoms. The molecule has 1 aromatic heterocycles. The molecule has 1 aromatic carbocycles. The Morgan fingerprint density at radius 3 is 2.52 bits per heavy atom. The Kier molecular flexibility index (Phi) is 3.70. The number of amides is 1. The number of aryl methyl sites for hydroxylation is 1. The van der Waals surface area contributed by atoms with Crippen molar-refractivity contribution in [1.29, 1.82) is 0 Å². The lowest BCUT2D eigenvalue weighted by atomic mass is 10.1. The van der Waals surface area contributed by atoms with Crippen LogP contribution in [0.25, 0.3) is 0 Å². The monoisotopic (exact) mass is 289 g/mol. The number of carbonyl (C=O) groups is 2. The summed E-state index contributed by atoms with van der Waals surface area (Å²) in [5.41, 5.74) is -1.26. The predicted octanol–water partition coefficient (Wildman–Crippen LogP) is 0.322. The lowest BCUT2D eigenvalue weighted by Gasteiger charge is -2.11. The first kappa shape index (κ1) is 14.3. The summed E-state index contributed by atoms with van der Waals surface area (Å²) in [5, 5.41) is 11.5. The minimum Gasteiger partial charge on any atom is -0.478 e. The van der Waals surface area contributed by atoms with Crippen LogP contribution in [0.4, 0.5) is 5.69 Å². The largest absolute Gasteiger partial charge is 0.478 e. The second-order valence-corrected chi connectivity index (χ2v) is 4.26. The summed E-state index contributed by atoms with van der Waals surface area (Å²) in [6, 6.07) is 5.42. The highest BCUT2D eigenvalue weighted by Crippen LogP contribution is 2.21. The van der Waals surface area contributed by atoms with Gasteiger partial charge in [0.25, 0.3) is 11.5 Å². The highest BCUT2D eigenvalue weighted by molar-refractivity contribution is 6.07. The van der Waals surface area contributed by atoms with Crippen LogP contribution in [0, 0.1) is 6.92 Å². The number of anilines is 1. The third kappa shape index (κ3) is 3.06. The summed E-state index contributed by atoms with van der Waals surface area (Å²) >= 11 is 0. The fourth-order valence-electron chi connectivity index (χ4n) is 1.78. The summed E-state index contributed by atoms with van der Waals surface area (Å²) in [6.45, 7) is 1.63. The molecule has 0 saturated heterocycles. The molecule has 0 saturated carbocycles. The van der Waals surface area contributed by atoms with Crippen molar-refractivity contribution in [3.05, 3.63) is 61.9 Å². The van der Waals surface area contributed by atoms with Crippen molar-refractivity contribution >= 4 is 17.6 Å². The number of aromatic carboxylic acids is 1. The molecular weight excluding hydrogens is 278 g/mol. The summed E-state index contributed by atoms with van der Waals surface area (Å²) in [6.07, 6.45) is 0. The average Bonchev–Trinajstić information content (AvgIpc) is 2.39. The first-order chi connectivity index (χ1) is 9.88. The first-order valence-corrected chi connectivity index (χ1v) is 5.86. The number of nitrogens with one attached hydrogen (secondary N) is 3. The van der Waals surface area contributed by atoms with Crippen LogP contribution in [0.1, 0.15) is 26.4 Å².